The molecule has 1 heterocycles. The SMILES string of the molecule is CNC1CCCC1CCN1CCCC2CCCC21. The van der Waals surface area contributed by atoms with Crippen molar-refractivity contribution in [2.45, 2.75) is 69.9 Å². The first-order valence-electron chi connectivity index (χ1n) is 8.30. The van der Waals surface area contributed by atoms with Crippen LogP contribution >= 0.6 is 0 Å². The van der Waals surface area contributed by atoms with Crippen LogP contribution in [0.3, 0.4) is 0 Å². The van der Waals surface area contributed by atoms with Gasteiger partial charge in [-0.1, -0.05) is 12.8 Å². The van der Waals surface area contributed by atoms with Crippen molar-refractivity contribution < 1.29 is 0 Å². The number of likely N-dealkylation sites (tertiary alicyclic amines) is 1. The minimum Gasteiger partial charge on any atom is -0.317 e. The summed E-state index contributed by atoms with van der Waals surface area (Å²) in [6.07, 6.45) is 13.2. The molecule has 2 nitrogen and oxygen atoms in total. The van der Waals surface area contributed by atoms with Crippen LogP contribution in [-0.2, 0) is 0 Å². The van der Waals surface area contributed by atoms with Gasteiger partial charge in [-0.2, -0.15) is 0 Å². The predicted octanol–water partition coefficient (Wildman–Crippen LogP) is 3.03. The number of fused-ring (bicyclic) bond motifs is 1. The Morgan fingerprint density at radius 1 is 1.00 bits per heavy atom. The fourth-order valence-corrected chi connectivity index (χ4v) is 4.93. The van der Waals surface area contributed by atoms with Gasteiger partial charge in [-0.15, -0.1) is 0 Å². The van der Waals surface area contributed by atoms with E-state index in [0.29, 0.717) is 0 Å². The van der Waals surface area contributed by atoms with Gasteiger partial charge in [0, 0.05) is 12.1 Å². The first-order chi connectivity index (χ1) is 8.88. The summed E-state index contributed by atoms with van der Waals surface area (Å²) in [5.74, 6) is 2.01. The van der Waals surface area contributed by atoms with E-state index in [2.05, 4.69) is 17.3 Å². The zero-order valence-corrected chi connectivity index (χ0v) is 12.0. The molecule has 3 aliphatic rings. The second kappa shape index (κ2) is 5.92. The Morgan fingerprint density at radius 2 is 1.83 bits per heavy atom. The topological polar surface area (TPSA) is 15.3 Å². The molecule has 104 valence electrons. The lowest BCUT2D eigenvalue weighted by Crippen LogP contribution is -2.44. The summed E-state index contributed by atoms with van der Waals surface area (Å²) in [4.78, 5) is 2.85. The van der Waals surface area contributed by atoms with Gasteiger partial charge in [-0.05, 0) is 76.9 Å². The Bertz CT molecular complexity index is 266. The number of hydrogen-bond acceptors (Lipinski definition) is 2. The summed E-state index contributed by atoms with van der Waals surface area (Å²) in [5.41, 5.74) is 0. The Morgan fingerprint density at radius 3 is 2.72 bits per heavy atom. The third kappa shape index (κ3) is 2.60. The minimum atomic E-state index is 0.814. The molecule has 4 atom stereocenters. The van der Waals surface area contributed by atoms with Gasteiger partial charge in [0.1, 0.15) is 0 Å². The van der Waals surface area contributed by atoms with Crippen LogP contribution in [0.25, 0.3) is 0 Å². The van der Waals surface area contributed by atoms with E-state index < -0.39 is 0 Å². The second-order valence-electron chi connectivity index (χ2n) is 6.81. The number of nitrogens with zero attached hydrogens (tertiary/aromatic N) is 1. The van der Waals surface area contributed by atoms with Gasteiger partial charge < -0.3 is 10.2 Å². The van der Waals surface area contributed by atoms with Gasteiger partial charge in [-0.3, -0.25) is 0 Å². The maximum atomic E-state index is 3.53. The van der Waals surface area contributed by atoms with Gasteiger partial charge in [0.15, 0.2) is 0 Å². The molecule has 0 aromatic rings. The predicted molar refractivity (Wildman–Crippen MR) is 76.7 cm³/mol. The Labute approximate surface area is 113 Å². The van der Waals surface area contributed by atoms with Crippen LogP contribution in [0.15, 0.2) is 0 Å². The average Bonchev–Trinajstić information content (AvgIpc) is 3.04. The van der Waals surface area contributed by atoms with E-state index in [-0.39, 0.29) is 0 Å². The highest BCUT2D eigenvalue weighted by atomic mass is 15.2. The summed E-state index contributed by atoms with van der Waals surface area (Å²) in [5, 5.41) is 3.53. The van der Waals surface area contributed by atoms with Gasteiger partial charge in [0.2, 0.25) is 0 Å². The van der Waals surface area contributed by atoms with Gasteiger partial charge in [-0.25, -0.2) is 0 Å². The second-order valence-corrected chi connectivity index (χ2v) is 6.81. The lowest BCUT2D eigenvalue weighted by atomic mass is 9.91. The zero-order valence-electron chi connectivity index (χ0n) is 12.0. The van der Waals surface area contributed by atoms with Crippen molar-refractivity contribution in [1.82, 2.24) is 10.2 Å². The molecule has 0 aromatic carbocycles. The molecule has 3 fully saturated rings. The molecule has 0 bridgehead atoms. The van der Waals surface area contributed by atoms with Crippen LogP contribution in [0.4, 0.5) is 0 Å². The average molecular weight is 250 g/mol. The quantitative estimate of drug-likeness (QED) is 0.825. The third-order valence-electron chi connectivity index (χ3n) is 5.93. The monoisotopic (exact) mass is 250 g/mol. The van der Waals surface area contributed by atoms with Crippen molar-refractivity contribution in [3.63, 3.8) is 0 Å². The normalized spacial score (nSPS) is 41.2. The van der Waals surface area contributed by atoms with E-state index in [4.69, 9.17) is 0 Å². The van der Waals surface area contributed by atoms with Crippen molar-refractivity contribution >= 4 is 0 Å². The van der Waals surface area contributed by atoms with E-state index in [1.165, 1.54) is 70.9 Å². The van der Waals surface area contributed by atoms with Crippen LogP contribution in [-0.4, -0.2) is 37.1 Å². The summed E-state index contributed by atoms with van der Waals surface area (Å²) >= 11 is 0. The van der Waals surface area contributed by atoms with Crippen LogP contribution in [0.1, 0.15) is 57.8 Å². The fraction of sp³-hybridized carbons (Fsp3) is 1.00. The molecule has 3 rings (SSSR count). The van der Waals surface area contributed by atoms with E-state index in [1.807, 2.05) is 0 Å². The van der Waals surface area contributed by atoms with Crippen molar-refractivity contribution in [2.75, 3.05) is 20.1 Å². The molecule has 18 heavy (non-hydrogen) atoms. The Balaban J connectivity index is 1.50. The third-order valence-corrected chi connectivity index (χ3v) is 5.93. The first kappa shape index (κ1) is 12.9. The number of piperidine rings is 1. The van der Waals surface area contributed by atoms with E-state index in [9.17, 15) is 0 Å². The highest BCUT2D eigenvalue weighted by molar-refractivity contribution is 4.90. The van der Waals surface area contributed by atoms with Crippen molar-refractivity contribution in [2.24, 2.45) is 11.8 Å². The highest BCUT2D eigenvalue weighted by Crippen LogP contribution is 2.37. The van der Waals surface area contributed by atoms with E-state index >= 15 is 0 Å². The largest absolute Gasteiger partial charge is 0.317 e. The maximum Gasteiger partial charge on any atom is 0.0123 e. The molecular formula is C16H30N2. The Hall–Kier alpha value is -0.0800. The molecular weight excluding hydrogens is 220 g/mol. The maximum absolute atomic E-state index is 3.53. The molecule has 2 saturated carbocycles. The molecule has 1 N–H and O–H groups in total. The number of rotatable bonds is 4. The van der Waals surface area contributed by atoms with Crippen LogP contribution in [0, 0.1) is 11.8 Å². The Kier molecular flexibility index (Phi) is 4.25. The molecule has 1 aliphatic heterocycles. The molecule has 0 amide bonds. The molecule has 0 radical (unpaired) electrons. The summed E-state index contributed by atoms with van der Waals surface area (Å²) in [6, 6.07) is 1.78. The molecule has 1 saturated heterocycles. The van der Waals surface area contributed by atoms with Crippen LogP contribution in [0.2, 0.25) is 0 Å². The molecule has 0 spiro atoms. The smallest absolute Gasteiger partial charge is 0.0123 e. The molecule has 4 unspecified atom stereocenters. The van der Waals surface area contributed by atoms with Gasteiger partial charge in [0.25, 0.3) is 0 Å². The standard InChI is InChI=1S/C16H30N2/c1-17-15-8-2-5-13(15)10-12-18-11-4-7-14-6-3-9-16(14)18/h13-17H,2-12H2,1H3. The lowest BCUT2D eigenvalue weighted by Gasteiger charge is -2.38. The molecule has 2 aliphatic carbocycles. The van der Waals surface area contributed by atoms with Crippen molar-refractivity contribution in [3.8, 4) is 0 Å². The van der Waals surface area contributed by atoms with Crippen molar-refractivity contribution in [3.05, 3.63) is 0 Å². The van der Waals surface area contributed by atoms with E-state index in [1.54, 1.807) is 0 Å². The highest BCUT2D eigenvalue weighted by Gasteiger charge is 2.35. The summed E-state index contributed by atoms with van der Waals surface area (Å²) in [7, 11) is 2.15. The summed E-state index contributed by atoms with van der Waals surface area (Å²) in [6.45, 7) is 2.77. The fourth-order valence-electron chi connectivity index (χ4n) is 4.93. The van der Waals surface area contributed by atoms with E-state index in [0.717, 1.165) is 23.9 Å². The lowest BCUT2D eigenvalue weighted by molar-refractivity contribution is 0.104. The zero-order chi connectivity index (χ0) is 12.4. The minimum absolute atomic E-state index is 0.814. The molecule has 2 heteroatoms. The van der Waals surface area contributed by atoms with Crippen LogP contribution < -0.4 is 5.32 Å². The number of nitrogens with one attached hydrogen (secondary N) is 1. The van der Waals surface area contributed by atoms with Gasteiger partial charge in [0.05, 0.1) is 0 Å². The van der Waals surface area contributed by atoms with Crippen molar-refractivity contribution in [1.29, 1.82) is 0 Å². The number of hydrogen-bond donors (Lipinski definition) is 1. The summed E-state index contributed by atoms with van der Waals surface area (Å²) < 4.78 is 0. The first-order valence-corrected chi connectivity index (χ1v) is 8.30. The van der Waals surface area contributed by atoms with Gasteiger partial charge >= 0.3 is 0 Å². The van der Waals surface area contributed by atoms with Crippen LogP contribution in [0.5, 0.6) is 0 Å². The molecule has 0 aromatic heterocycles.